The van der Waals surface area contributed by atoms with Gasteiger partial charge in [-0.15, -0.1) is 0 Å². The summed E-state index contributed by atoms with van der Waals surface area (Å²) < 4.78 is 5.22. The van der Waals surface area contributed by atoms with Crippen LogP contribution in [0.25, 0.3) is 11.1 Å². The first-order valence-corrected chi connectivity index (χ1v) is 11.9. The number of amides is 1. The molecule has 196 valence electrons. The minimum Gasteiger partial charge on any atom is -0.497 e. The lowest BCUT2D eigenvalue weighted by atomic mass is 9.86. The first-order valence-electron chi connectivity index (χ1n) is 11.9. The molecule has 0 aromatic heterocycles. The Morgan fingerprint density at radius 3 is 2.50 bits per heavy atom. The summed E-state index contributed by atoms with van der Waals surface area (Å²) in [6.45, 7) is 0.610. The molecule has 1 heterocycles. The van der Waals surface area contributed by atoms with Crippen LogP contribution < -0.4 is 21.1 Å². The molecule has 0 radical (unpaired) electrons. The maximum absolute atomic E-state index is 12.8. The summed E-state index contributed by atoms with van der Waals surface area (Å²) in [5.41, 5.74) is 10.4. The van der Waals surface area contributed by atoms with E-state index >= 15 is 0 Å². The number of anilines is 1. The Bertz CT molecular complexity index is 1430. The Hall–Kier alpha value is -4.86. The Morgan fingerprint density at radius 1 is 1.05 bits per heavy atom. The van der Waals surface area contributed by atoms with Crippen molar-refractivity contribution in [2.45, 2.75) is 18.8 Å². The molecule has 10 heteroatoms. The van der Waals surface area contributed by atoms with Crippen molar-refractivity contribution in [3.05, 3.63) is 82.4 Å². The largest absolute Gasteiger partial charge is 0.497 e. The fourth-order valence-corrected chi connectivity index (χ4v) is 4.61. The number of hydrogen-bond donors (Lipinski definition) is 6. The lowest BCUT2D eigenvalue weighted by Gasteiger charge is -2.18. The molecule has 1 aliphatic heterocycles. The molecular weight excluding hydrogens is 488 g/mol. The highest BCUT2D eigenvalue weighted by molar-refractivity contribution is 6.00. The summed E-state index contributed by atoms with van der Waals surface area (Å²) >= 11 is 0. The van der Waals surface area contributed by atoms with Crippen LogP contribution >= 0.6 is 0 Å². The number of carbonyl (C=O) groups excluding carboxylic acids is 1. The molecule has 0 aliphatic carbocycles. The smallest absolute Gasteiger partial charge is 0.336 e. The van der Waals surface area contributed by atoms with Gasteiger partial charge in [-0.05, 0) is 77.2 Å². The number of hydrogen-bond acceptors (Lipinski definition) is 6. The minimum atomic E-state index is -1.14. The number of methoxy groups -OCH3 is 1. The van der Waals surface area contributed by atoms with E-state index in [1.54, 1.807) is 36.4 Å². The zero-order chi connectivity index (χ0) is 27.4. The molecule has 1 atom stereocenters. The summed E-state index contributed by atoms with van der Waals surface area (Å²) in [6.07, 6.45) is 0.317. The van der Waals surface area contributed by atoms with Crippen molar-refractivity contribution in [2.75, 3.05) is 25.5 Å². The highest BCUT2D eigenvalue weighted by atomic mass is 16.5. The molecule has 0 bridgehead atoms. The van der Waals surface area contributed by atoms with Crippen molar-refractivity contribution >= 4 is 29.4 Å². The number of ether oxygens (including phenoxy) is 1. The number of aromatic carboxylic acids is 1. The van der Waals surface area contributed by atoms with E-state index in [2.05, 4.69) is 10.6 Å². The normalized spacial score (nSPS) is 13.8. The van der Waals surface area contributed by atoms with E-state index in [9.17, 15) is 19.5 Å². The van der Waals surface area contributed by atoms with Gasteiger partial charge in [0.1, 0.15) is 11.6 Å². The van der Waals surface area contributed by atoms with Gasteiger partial charge in [0.2, 0.25) is 0 Å². The number of benzene rings is 3. The molecule has 7 N–H and O–H groups in total. The third-order valence-electron chi connectivity index (χ3n) is 6.55. The van der Waals surface area contributed by atoms with Gasteiger partial charge in [0.25, 0.3) is 5.91 Å². The highest BCUT2D eigenvalue weighted by Gasteiger charge is 2.26. The lowest BCUT2D eigenvalue weighted by Crippen LogP contribution is -2.26. The van der Waals surface area contributed by atoms with Crippen LogP contribution in [0.1, 0.15) is 49.7 Å². The summed E-state index contributed by atoms with van der Waals surface area (Å²) in [7, 11) is 1.45. The summed E-state index contributed by atoms with van der Waals surface area (Å²) in [5, 5.41) is 32.6. The Morgan fingerprint density at radius 2 is 1.82 bits per heavy atom. The number of amidine groups is 1. The maximum Gasteiger partial charge on any atom is 0.336 e. The molecule has 3 aromatic rings. The predicted molar refractivity (Wildman–Crippen MR) is 142 cm³/mol. The molecule has 1 aliphatic rings. The van der Waals surface area contributed by atoms with Crippen molar-refractivity contribution in [1.82, 2.24) is 5.32 Å². The first kappa shape index (κ1) is 26.2. The van der Waals surface area contributed by atoms with Crippen LogP contribution in [0.2, 0.25) is 0 Å². The maximum atomic E-state index is 12.8. The van der Waals surface area contributed by atoms with Gasteiger partial charge in [0, 0.05) is 35.8 Å². The van der Waals surface area contributed by atoms with Crippen molar-refractivity contribution in [2.24, 2.45) is 5.73 Å². The Kier molecular flexibility index (Phi) is 7.61. The standard InChI is InChI=1S/C28H28N4O6/c1-38-19-5-6-20(23(13-19)28(36)37)21-12-17(27(35)31-9-8-25(33)34)3-2-15(21)10-18-14-32-24-7-4-16(26(29)30)11-22(18)24/h2-7,11-13,18,32H,8-10,14H2,1H3,(H3,29,30)(H,31,35)(H,33,34)(H,36,37). The SMILES string of the molecule is COc1ccc(-c2cc(C(=O)NCCC(=O)O)ccc2CC2CNc3ccc(C(=N)N)cc32)c(C(=O)O)c1. The molecule has 1 unspecified atom stereocenters. The van der Waals surface area contributed by atoms with Gasteiger partial charge in [-0.2, -0.15) is 0 Å². The fourth-order valence-electron chi connectivity index (χ4n) is 4.61. The topological polar surface area (TPSA) is 175 Å². The fraction of sp³-hybridized carbons (Fsp3) is 0.214. The van der Waals surface area contributed by atoms with Gasteiger partial charge in [0.15, 0.2) is 0 Å². The predicted octanol–water partition coefficient (Wildman–Crippen LogP) is 3.30. The third-order valence-corrected chi connectivity index (χ3v) is 6.55. The van der Waals surface area contributed by atoms with Crippen molar-refractivity contribution in [3.8, 4) is 16.9 Å². The van der Waals surface area contributed by atoms with Crippen LogP contribution in [0.3, 0.4) is 0 Å². The van der Waals surface area contributed by atoms with Gasteiger partial charge < -0.3 is 31.3 Å². The second-order valence-corrected chi connectivity index (χ2v) is 8.99. The van der Waals surface area contributed by atoms with Gasteiger partial charge in [-0.3, -0.25) is 15.0 Å². The van der Waals surface area contributed by atoms with E-state index in [1.165, 1.54) is 13.2 Å². The number of carbonyl (C=O) groups is 3. The second kappa shape index (κ2) is 11.0. The average Bonchev–Trinajstić information content (AvgIpc) is 3.30. The number of carboxylic acids is 2. The minimum absolute atomic E-state index is 0.0184. The quantitative estimate of drug-likeness (QED) is 0.176. The van der Waals surface area contributed by atoms with Gasteiger partial charge in [-0.25, -0.2) is 4.79 Å². The van der Waals surface area contributed by atoms with E-state index in [1.807, 2.05) is 12.1 Å². The highest BCUT2D eigenvalue weighted by Crippen LogP contribution is 2.38. The number of nitrogens with two attached hydrogens (primary N) is 1. The second-order valence-electron chi connectivity index (χ2n) is 8.99. The van der Waals surface area contributed by atoms with Crippen molar-refractivity contribution < 1.29 is 29.3 Å². The van der Waals surface area contributed by atoms with E-state index in [0.29, 0.717) is 35.4 Å². The summed E-state index contributed by atoms with van der Waals surface area (Å²) in [5.74, 6) is -2.24. The number of rotatable bonds is 10. The monoisotopic (exact) mass is 516 g/mol. The molecular formula is C28H28N4O6. The van der Waals surface area contributed by atoms with Crippen LogP contribution in [-0.2, 0) is 11.2 Å². The third kappa shape index (κ3) is 5.59. The van der Waals surface area contributed by atoms with Gasteiger partial charge >= 0.3 is 11.9 Å². The van der Waals surface area contributed by atoms with E-state index < -0.39 is 17.8 Å². The van der Waals surface area contributed by atoms with Crippen molar-refractivity contribution in [3.63, 3.8) is 0 Å². The number of carboxylic acid groups (broad SMARTS) is 2. The van der Waals surface area contributed by atoms with Crippen LogP contribution in [0.15, 0.2) is 54.6 Å². The zero-order valence-electron chi connectivity index (χ0n) is 20.7. The molecule has 10 nitrogen and oxygen atoms in total. The summed E-state index contributed by atoms with van der Waals surface area (Å²) in [6, 6.07) is 15.4. The molecule has 0 fully saturated rings. The van der Waals surface area contributed by atoms with E-state index in [4.69, 9.17) is 21.0 Å². The lowest BCUT2D eigenvalue weighted by molar-refractivity contribution is -0.136. The number of aliphatic carboxylic acids is 1. The van der Waals surface area contributed by atoms with Gasteiger partial charge in [-0.1, -0.05) is 6.07 Å². The molecule has 1 amide bonds. The Balaban J connectivity index is 1.76. The molecule has 4 rings (SSSR count). The molecule has 0 saturated heterocycles. The zero-order valence-corrected chi connectivity index (χ0v) is 20.7. The number of fused-ring (bicyclic) bond motifs is 1. The van der Waals surface area contributed by atoms with Crippen LogP contribution in [0.5, 0.6) is 5.75 Å². The molecule has 38 heavy (non-hydrogen) atoms. The Labute approximate surface area is 219 Å². The average molecular weight is 517 g/mol. The van der Waals surface area contributed by atoms with E-state index in [0.717, 1.165) is 16.8 Å². The van der Waals surface area contributed by atoms with Crippen LogP contribution in [0, 0.1) is 5.41 Å². The number of nitrogen functional groups attached to an aromatic ring is 1. The number of nitrogens with one attached hydrogen (secondary N) is 3. The van der Waals surface area contributed by atoms with Crippen LogP contribution in [-0.4, -0.2) is 54.1 Å². The molecule has 0 spiro atoms. The molecule has 3 aromatic carbocycles. The van der Waals surface area contributed by atoms with Crippen LogP contribution in [0.4, 0.5) is 5.69 Å². The molecule has 0 saturated carbocycles. The van der Waals surface area contributed by atoms with E-state index in [-0.39, 0.29) is 35.8 Å². The first-order chi connectivity index (χ1) is 18.2. The van der Waals surface area contributed by atoms with Crippen molar-refractivity contribution in [1.29, 1.82) is 5.41 Å². The van der Waals surface area contributed by atoms with Gasteiger partial charge in [0.05, 0.1) is 19.1 Å². The summed E-state index contributed by atoms with van der Waals surface area (Å²) in [4.78, 5) is 35.8.